The molecule has 1 heterocycles. The van der Waals surface area contributed by atoms with E-state index in [2.05, 4.69) is 18.7 Å². The lowest BCUT2D eigenvalue weighted by atomic mass is 10.1. The van der Waals surface area contributed by atoms with Crippen molar-refractivity contribution in [3.63, 3.8) is 0 Å². The summed E-state index contributed by atoms with van der Waals surface area (Å²) in [6.45, 7) is 9.75. The standard InChI is InChI=1S/C10H22N2O2S/c1-9(2)7-11-5-6-12(10(3)8-11)15(4,13)14/h9-10H,5-8H2,1-4H3/t10-/m1/s1. The molecular weight excluding hydrogens is 212 g/mol. The number of rotatable bonds is 3. The van der Waals surface area contributed by atoms with Gasteiger partial charge in [-0.2, -0.15) is 4.31 Å². The summed E-state index contributed by atoms with van der Waals surface area (Å²) in [5.41, 5.74) is 0. The second-order valence-electron chi connectivity index (χ2n) is 4.88. The van der Waals surface area contributed by atoms with Gasteiger partial charge in [0, 0.05) is 32.2 Å². The topological polar surface area (TPSA) is 40.6 Å². The summed E-state index contributed by atoms with van der Waals surface area (Å²) in [6, 6.07) is 0.104. The highest BCUT2D eigenvalue weighted by molar-refractivity contribution is 7.88. The molecule has 0 aromatic carbocycles. The van der Waals surface area contributed by atoms with Crippen molar-refractivity contribution in [2.45, 2.75) is 26.8 Å². The third kappa shape index (κ3) is 3.74. The summed E-state index contributed by atoms with van der Waals surface area (Å²) in [4.78, 5) is 2.34. The van der Waals surface area contributed by atoms with Crippen LogP contribution in [0.25, 0.3) is 0 Å². The van der Waals surface area contributed by atoms with Gasteiger partial charge in [0.05, 0.1) is 6.26 Å². The smallest absolute Gasteiger partial charge is 0.211 e. The number of nitrogens with zero attached hydrogens (tertiary/aromatic N) is 2. The molecule has 1 aliphatic rings. The first kappa shape index (κ1) is 12.9. The number of piperazine rings is 1. The normalized spacial score (nSPS) is 26.1. The van der Waals surface area contributed by atoms with Crippen molar-refractivity contribution in [2.75, 3.05) is 32.4 Å². The fraction of sp³-hybridized carbons (Fsp3) is 1.00. The van der Waals surface area contributed by atoms with Gasteiger partial charge in [-0.05, 0) is 12.8 Å². The van der Waals surface area contributed by atoms with Crippen LogP contribution < -0.4 is 0 Å². The van der Waals surface area contributed by atoms with E-state index in [9.17, 15) is 8.42 Å². The minimum atomic E-state index is -3.02. The molecule has 4 nitrogen and oxygen atoms in total. The molecule has 0 radical (unpaired) electrons. The average Bonchev–Trinajstić information content (AvgIpc) is 1.99. The Balaban J connectivity index is 2.56. The van der Waals surface area contributed by atoms with Gasteiger partial charge < -0.3 is 4.90 Å². The van der Waals surface area contributed by atoms with Gasteiger partial charge in [0.15, 0.2) is 0 Å². The van der Waals surface area contributed by atoms with E-state index >= 15 is 0 Å². The van der Waals surface area contributed by atoms with Crippen LogP contribution in [0.2, 0.25) is 0 Å². The first-order valence-electron chi connectivity index (χ1n) is 5.50. The van der Waals surface area contributed by atoms with E-state index in [1.807, 2.05) is 6.92 Å². The van der Waals surface area contributed by atoms with E-state index in [1.54, 1.807) is 4.31 Å². The largest absolute Gasteiger partial charge is 0.300 e. The second kappa shape index (κ2) is 4.80. The Morgan fingerprint density at radius 2 is 1.93 bits per heavy atom. The molecule has 1 atom stereocenters. The molecule has 1 aliphatic heterocycles. The van der Waals surface area contributed by atoms with E-state index in [-0.39, 0.29) is 6.04 Å². The molecule has 0 amide bonds. The Morgan fingerprint density at radius 3 is 2.33 bits per heavy atom. The summed E-state index contributed by atoms with van der Waals surface area (Å²) in [7, 11) is -3.02. The fourth-order valence-corrected chi connectivity index (χ4v) is 3.33. The minimum Gasteiger partial charge on any atom is -0.300 e. The SMILES string of the molecule is CC(C)CN1CCN(S(C)(=O)=O)[C@H](C)C1. The average molecular weight is 234 g/mol. The maximum atomic E-state index is 11.4. The third-order valence-electron chi connectivity index (χ3n) is 2.70. The van der Waals surface area contributed by atoms with Crippen LogP contribution in [0.4, 0.5) is 0 Å². The van der Waals surface area contributed by atoms with Gasteiger partial charge in [0.25, 0.3) is 0 Å². The summed E-state index contributed by atoms with van der Waals surface area (Å²) in [6.07, 6.45) is 1.29. The van der Waals surface area contributed by atoms with Crippen molar-refractivity contribution in [1.82, 2.24) is 9.21 Å². The molecule has 5 heteroatoms. The molecule has 90 valence electrons. The van der Waals surface area contributed by atoms with Crippen LogP contribution in [0.15, 0.2) is 0 Å². The molecule has 0 unspecified atom stereocenters. The molecule has 0 spiro atoms. The summed E-state index contributed by atoms with van der Waals surface area (Å²) in [5, 5.41) is 0. The van der Waals surface area contributed by atoms with E-state index in [0.29, 0.717) is 12.5 Å². The van der Waals surface area contributed by atoms with E-state index in [0.717, 1.165) is 19.6 Å². The van der Waals surface area contributed by atoms with Gasteiger partial charge in [-0.15, -0.1) is 0 Å². The van der Waals surface area contributed by atoms with Crippen LogP contribution in [0.1, 0.15) is 20.8 Å². The quantitative estimate of drug-likeness (QED) is 0.718. The highest BCUT2D eigenvalue weighted by Gasteiger charge is 2.29. The van der Waals surface area contributed by atoms with Crippen molar-refractivity contribution >= 4 is 10.0 Å². The van der Waals surface area contributed by atoms with Crippen LogP contribution in [0.5, 0.6) is 0 Å². The zero-order valence-electron chi connectivity index (χ0n) is 10.1. The van der Waals surface area contributed by atoms with E-state index < -0.39 is 10.0 Å². The molecular formula is C10H22N2O2S. The predicted molar refractivity (Wildman–Crippen MR) is 62.3 cm³/mol. The van der Waals surface area contributed by atoms with E-state index in [4.69, 9.17) is 0 Å². The minimum absolute atomic E-state index is 0.104. The molecule has 1 rings (SSSR count). The van der Waals surface area contributed by atoms with Crippen molar-refractivity contribution in [3.05, 3.63) is 0 Å². The molecule has 15 heavy (non-hydrogen) atoms. The van der Waals surface area contributed by atoms with Gasteiger partial charge >= 0.3 is 0 Å². The van der Waals surface area contributed by atoms with Crippen molar-refractivity contribution < 1.29 is 8.42 Å². The second-order valence-corrected chi connectivity index (χ2v) is 6.81. The lowest BCUT2D eigenvalue weighted by Gasteiger charge is -2.38. The molecule has 0 bridgehead atoms. The Kier molecular flexibility index (Phi) is 4.14. The zero-order chi connectivity index (χ0) is 11.6. The zero-order valence-corrected chi connectivity index (χ0v) is 10.9. The Morgan fingerprint density at radius 1 is 1.33 bits per heavy atom. The molecule has 0 aliphatic carbocycles. The molecule has 0 saturated carbocycles. The van der Waals surface area contributed by atoms with E-state index in [1.165, 1.54) is 6.26 Å². The molecule has 0 N–H and O–H groups in total. The third-order valence-corrected chi connectivity index (χ3v) is 4.09. The molecule has 1 saturated heterocycles. The maximum absolute atomic E-state index is 11.4. The van der Waals surface area contributed by atoms with Crippen LogP contribution in [-0.2, 0) is 10.0 Å². The monoisotopic (exact) mass is 234 g/mol. The van der Waals surface area contributed by atoms with Gasteiger partial charge in [-0.1, -0.05) is 13.8 Å². The van der Waals surface area contributed by atoms with Crippen molar-refractivity contribution in [1.29, 1.82) is 0 Å². The molecule has 1 fully saturated rings. The van der Waals surface area contributed by atoms with Crippen LogP contribution in [-0.4, -0.2) is 56.1 Å². The maximum Gasteiger partial charge on any atom is 0.211 e. The predicted octanol–water partition coefficient (Wildman–Crippen LogP) is 0.608. The van der Waals surface area contributed by atoms with Gasteiger partial charge in [-0.3, -0.25) is 0 Å². The number of hydrogen-bond acceptors (Lipinski definition) is 3. The molecule has 0 aromatic heterocycles. The number of hydrogen-bond donors (Lipinski definition) is 0. The number of sulfonamides is 1. The van der Waals surface area contributed by atoms with Crippen molar-refractivity contribution in [2.24, 2.45) is 5.92 Å². The lowest BCUT2D eigenvalue weighted by molar-refractivity contribution is 0.132. The molecule has 0 aromatic rings. The lowest BCUT2D eigenvalue weighted by Crippen LogP contribution is -2.54. The van der Waals surface area contributed by atoms with Crippen LogP contribution >= 0.6 is 0 Å². The Bertz CT molecular complexity index is 301. The summed E-state index contributed by atoms with van der Waals surface area (Å²) < 4.78 is 24.5. The fourth-order valence-electron chi connectivity index (χ4n) is 2.19. The van der Waals surface area contributed by atoms with Crippen LogP contribution in [0.3, 0.4) is 0 Å². The van der Waals surface area contributed by atoms with Gasteiger partial charge in [-0.25, -0.2) is 8.42 Å². The summed E-state index contributed by atoms with van der Waals surface area (Å²) >= 11 is 0. The van der Waals surface area contributed by atoms with Gasteiger partial charge in [0.2, 0.25) is 10.0 Å². The highest BCUT2D eigenvalue weighted by atomic mass is 32.2. The van der Waals surface area contributed by atoms with Crippen LogP contribution in [0, 0.1) is 5.92 Å². The van der Waals surface area contributed by atoms with Crippen molar-refractivity contribution in [3.8, 4) is 0 Å². The first-order chi connectivity index (χ1) is 6.80. The Hall–Kier alpha value is -0.130. The summed E-state index contributed by atoms with van der Waals surface area (Å²) in [5.74, 6) is 0.641. The first-order valence-corrected chi connectivity index (χ1v) is 7.34. The van der Waals surface area contributed by atoms with Gasteiger partial charge in [0.1, 0.15) is 0 Å². The highest BCUT2D eigenvalue weighted by Crippen LogP contribution is 2.14. The Labute approximate surface area is 93.3 Å².